The monoisotopic (exact) mass is 507 g/mol. The molecule has 176 valence electrons. The number of hydrogen-bond acceptors (Lipinski definition) is 9. The predicted octanol–water partition coefficient (Wildman–Crippen LogP) is 3.66. The molecule has 1 amide bonds. The third kappa shape index (κ3) is 7.18. The molecule has 0 radical (unpaired) electrons. The number of aldehydes is 1. The number of amides is 1. The number of allylic oxidation sites excluding steroid dienone is 3. The average molecular weight is 508 g/mol. The van der Waals surface area contributed by atoms with E-state index in [9.17, 15) is 19.2 Å². The van der Waals surface area contributed by atoms with Gasteiger partial charge in [-0.25, -0.2) is 9.78 Å². The van der Waals surface area contributed by atoms with Gasteiger partial charge in [-0.3, -0.25) is 19.0 Å². The second-order valence-corrected chi connectivity index (χ2v) is 9.67. The van der Waals surface area contributed by atoms with E-state index in [4.69, 9.17) is 0 Å². The lowest BCUT2D eigenvalue weighted by Crippen LogP contribution is -2.26. The lowest BCUT2D eigenvalue weighted by atomic mass is 10.2. The Morgan fingerprint density at radius 1 is 1.39 bits per heavy atom. The van der Waals surface area contributed by atoms with E-state index in [0.29, 0.717) is 21.7 Å². The number of aryl methyl sites for hydroxylation is 1. The van der Waals surface area contributed by atoms with Crippen molar-refractivity contribution >= 4 is 63.2 Å². The van der Waals surface area contributed by atoms with Crippen LogP contribution in [0.4, 0.5) is 0 Å². The van der Waals surface area contributed by atoms with Crippen LogP contribution < -0.4 is 10.9 Å². The molecule has 0 saturated heterocycles. The molecule has 0 atom stereocenters. The molecule has 0 bridgehead atoms. The molecule has 2 heterocycles. The highest BCUT2D eigenvalue weighted by Gasteiger charge is 2.17. The van der Waals surface area contributed by atoms with Crippen molar-refractivity contribution in [1.82, 2.24) is 14.9 Å². The molecule has 11 heteroatoms. The molecular weight excluding hydrogens is 482 g/mol. The molecule has 8 nitrogen and oxygen atoms in total. The van der Waals surface area contributed by atoms with E-state index < -0.39 is 11.9 Å². The molecule has 0 spiro atoms. The molecular formula is C22H25N3O5S3. The van der Waals surface area contributed by atoms with E-state index in [1.165, 1.54) is 29.1 Å². The van der Waals surface area contributed by atoms with Gasteiger partial charge in [-0.05, 0) is 19.4 Å². The normalized spacial score (nSPS) is 12.0. The summed E-state index contributed by atoms with van der Waals surface area (Å²) in [5.41, 5.74) is -0.172. The van der Waals surface area contributed by atoms with E-state index in [1.54, 1.807) is 13.0 Å². The Kier molecular flexibility index (Phi) is 10.6. The fourth-order valence-corrected chi connectivity index (χ4v) is 5.51. The maximum atomic E-state index is 13.0. The summed E-state index contributed by atoms with van der Waals surface area (Å²) in [7, 11) is 1.25. The first kappa shape index (κ1) is 26.6. The molecule has 0 aromatic carbocycles. The fourth-order valence-electron chi connectivity index (χ4n) is 2.72. The predicted molar refractivity (Wildman–Crippen MR) is 134 cm³/mol. The number of nitrogens with one attached hydrogen (secondary N) is 1. The number of carbonyl (C=O) groups excluding carboxylic acids is 3. The van der Waals surface area contributed by atoms with Crippen molar-refractivity contribution < 1.29 is 19.1 Å². The zero-order valence-corrected chi connectivity index (χ0v) is 21.0. The van der Waals surface area contributed by atoms with Crippen molar-refractivity contribution in [3.63, 3.8) is 0 Å². The van der Waals surface area contributed by atoms with Gasteiger partial charge in [0.05, 0.1) is 28.2 Å². The summed E-state index contributed by atoms with van der Waals surface area (Å²) in [5.74, 6) is -1.05. The molecule has 0 aliphatic heterocycles. The summed E-state index contributed by atoms with van der Waals surface area (Å²) in [6.07, 6.45) is 6.63. The Hall–Kier alpha value is -2.63. The van der Waals surface area contributed by atoms with E-state index in [1.807, 2.05) is 6.07 Å². The van der Waals surface area contributed by atoms with Crippen LogP contribution in [-0.2, 0) is 32.1 Å². The van der Waals surface area contributed by atoms with Gasteiger partial charge in [-0.2, -0.15) is 0 Å². The SMILES string of the molecule is C=CCn1c(SCC(=O)N/C(=C\C=O)S/C(=C/C)C(=O)OC)nc2sc(CCC)cc2c1=O. The quantitative estimate of drug-likeness (QED) is 0.116. The van der Waals surface area contributed by atoms with E-state index in [0.717, 1.165) is 47.3 Å². The van der Waals surface area contributed by atoms with Crippen molar-refractivity contribution in [2.45, 2.75) is 38.4 Å². The molecule has 2 aromatic heterocycles. The summed E-state index contributed by atoms with van der Waals surface area (Å²) in [6.45, 7) is 7.69. The van der Waals surface area contributed by atoms with Crippen molar-refractivity contribution in [3.8, 4) is 0 Å². The van der Waals surface area contributed by atoms with E-state index in [2.05, 4.69) is 28.5 Å². The molecule has 1 N–H and O–H groups in total. The second-order valence-electron chi connectivity index (χ2n) is 6.53. The summed E-state index contributed by atoms with van der Waals surface area (Å²) < 4.78 is 6.17. The largest absolute Gasteiger partial charge is 0.465 e. The van der Waals surface area contributed by atoms with Gasteiger partial charge in [0.15, 0.2) is 5.16 Å². The van der Waals surface area contributed by atoms with Crippen molar-refractivity contribution in [2.24, 2.45) is 0 Å². The molecule has 0 aliphatic rings. The third-order valence-electron chi connectivity index (χ3n) is 4.16. The summed E-state index contributed by atoms with van der Waals surface area (Å²) >= 11 is 3.50. The first-order chi connectivity index (χ1) is 15.9. The Balaban J connectivity index is 2.21. The molecule has 33 heavy (non-hydrogen) atoms. The Morgan fingerprint density at radius 3 is 2.76 bits per heavy atom. The maximum Gasteiger partial charge on any atom is 0.344 e. The number of ether oxygens (including phenoxy) is 1. The van der Waals surface area contributed by atoms with Crippen LogP contribution >= 0.6 is 34.9 Å². The van der Waals surface area contributed by atoms with Gasteiger partial charge < -0.3 is 10.1 Å². The zero-order valence-electron chi connectivity index (χ0n) is 18.6. The minimum Gasteiger partial charge on any atom is -0.465 e. The summed E-state index contributed by atoms with van der Waals surface area (Å²) in [6, 6.07) is 1.88. The first-order valence-electron chi connectivity index (χ1n) is 10.0. The molecule has 0 fully saturated rings. The Labute approximate surface area is 204 Å². The van der Waals surface area contributed by atoms with E-state index >= 15 is 0 Å². The topological polar surface area (TPSA) is 107 Å². The van der Waals surface area contributed by atoms with Gasteiger partial charge in [0, 0.05) is 17.5 Å². The third-order valence-corrected chi connectivity index (χ3v) is 7.30. The molecule has 2 aromatic rings. The number of thioether (sulfide) groups is 2. The standard InChI is InChI=1S/C22H25N3O5S3/c1-5-8-14-12-15-19(32-14)24-22(25(10-6-2)20(15)28)31-13-17(27)23-18(9-11-26)33-16(7-3)21(29)30-4/h6-7,9,11-12H,2,5,8,10,13H2,1,3-4H3,(H,23,27)/b16-7+,18-9+. The number of hydrogen-bond donors (Lipinski definition) is 1. The van der Waals surface area contributed by atoms with Crippen LogP contribution in [0, 0.1) is 0 Å². The maximum absolute atomic E-state index is 13.0. The number of methoxy groups -OCH3 is 1. The first-order valence-corrected chi connectivity index (χ1v) is 12.6. The molecule has 2 rings (SSSR count). The molecule has 0 unspecified atom stereocenters. The Morgan fingerprint density at radius 2 is 2.15 bits per heavy atom. The number of thiophene rings is 1. The average Bonchev–Trinajstić information content (AvgIpc) is 3.20. The highest BCUT2D eigenvalue weighted by Crippen LogP contribution is 2.27. The van der Waals surface area contributed by atoms with Gasteiger partial charge >= 0.3 is 5.97 Å². The van der Waals surface area contributed by atoms with Crippen LogP contribution in [-0.4, -0.2) is 40.6 Å². The van der Waals surface area contributed by atoms with Crippen LogP contribution in [0.3, 0.4) is 0 Å². The smallest absolute Gasteiger partial charge is 0.344 e. The lowest BCUT2D eigenvalue weighted by molar-refractivity contribution is -0.135. The van der Waals surface area contributed by atoms with Crippen LogP contribution in [0.15, 0.2) is 50.8 Å². The minimum atomic E-state index is -0.577. The number of aromatic nitrogens is 2. The fraction of sp³-hybridized carbons (Fsp3) is 0.318. The van der Waals surface area contributed by atoms with Crippen LogP contribution in [0.2, 0.25) is 0 Å². The summed E-state index contributed by atoms with van der Waals surface area (Å²) in [5, 5.41) is 3.76. The number of carbonyl (C=O) groups is 3. The summed E-state index contributed by atoms with van der Waals surface area (Å²) in [4.78, 5) is 54.8. The van der Waals surface area contributed by atoms with Crippen LogP contribution in [0.25, 0.3) is 10.2 Å². The van der Waals surface area contributed by atoms with Crippen molar-refractivity contribution in [2.75, 3.05) is 12.9 Å². The van der Waals surface area contributed by atoms with Gasteiger partial charge in [-0.1, -0.05) is 49.0 Å². The number of esters is 1. The van der Waals surface area contributed by atoms with Crippen LogP contribution in [0.1, 0.15) is 25.1 Å². The molecule has 0 aliphatic carbocycles. The van der Waals surface area contributed by atoms with Gasteiger partial charge in [0.25, 0.3) is 5.56 Å². The lowest BCUT2D eigenvalue weighted by Gasteiger charge is -2.12. The number of nitrogens with zero attached hydrogens (tertiary/aromatic N) is 2. The molecule has 0 saturated carbocycles. The zero-order chi connectivity index (χ0) is 24.4. The number of rotatable bonds is 12. The van der Waals surface area contributed by atoms with Crippen molar-refractivity contribution in [1.29, 1.82) is 0 Å². The van der Waals surface area contributed by atoms with Crippen molar-refractivity contribution in [3.05, 3.63) is 56.0 Å². The highest BCUT2D eigenvalue weighted by atomic mass is 32.2. The highest BCUT2D eigenvalue weighted by molar-refractivity contribution is 8.07. The Bertz CT molecular complexity index is 1160. The van der Waals surface area contributed by atoms with Gasteiger partial charge in [0.2, 0.25) is 5.91 Å². The second kappa shape index (κ2) is 13.2. The number of fused-ring (bicyclic) bond motifs is 1. The van der Waals surface area contributed by atoms with E-state index in [-0.39, 0.29) is 27.8 Å². The minimum absolute atomic E-state index is 0.0531. The van der Waals surface area contributed by atoms with Gasteiger partial charge in [0.1, 0.15) is 11.1 Å². The van der Waals surface area contributed by atoms with Gasteiger partial charge in [-0.15, -0.1) is 17.9 Å². The van der Waals surface area contributed by atoms with Crippen LogP contribution in [0.5, 0.6) is 0 Å².